The van der Waals surface area contributed by atoms with Crippen LogP contribution in [0.5, 0.6) is 0 Å². The maximum Gasteiger partial charge on any atom is 0.187 e. The Morgan fingerprint density at radius 2 is 1.31 bits per heavy atom. The minimum absolute atomic E-state index is 0.0476. The topological polar surface area (TPSA) is 68.3 Å². The predicted octanol–water partition coefficient (Wildman–Crippen LogP) is 0.914. The molecule has 0 saturated heterocycles. The van der Waals surface area contributed by atoms with E-state index in [0.29, 0.717) is 0 Å². The monoisotopic (exact) mass is 266 g/mol. The normalized spacial score (nSPS) is 13.0. The molecule has 0 aliphatic carbocycles. The van der Waals surface area contributed by atoms with Crippen LogP contribution in [0.2, 0.25) is 0 Å². The van der Waals surface area contributed by atoms with Gasteiger partial charge < -0.3 is 0 Å². The molecule has 0 aliphatic rings. The van der Waals surface area contributed by atoms with E-state index in [0.717, 1.165) is 36.8 Å². The lowest BCUT2D eigenvalue weighted by atomic mass is 10.2. The van der Waals surface area contributed by atoms with Crippen molar-refractivity contribution in [2.24, 2.45) is 0 Å². The molecule has 1 aromatic carbocycles. The standard InChI is InChI=1S/C9H11FO4S2/c1-15(11,12)9(16(2,13)14)7-3-5-8(10)6-4-7/h3-6,9H,1-2H3. The Hall–Kier alpha value is -0.950. The lowest BCUT2D eigenvalue weighted by Gasteiger charge is -2.13. The van der Waals surface area contributed by atoms with Crippen molar-refractivity contribution in [3.63, 3.8) is 0 Å². The highest BCUT2D eigenvalue weighted by Crippen LogP contribution is 2.27. The van der Waals surface area contributed by atoms with E-state index in [1.54, 1.807) is 0 Å². The molecule has 0 amide bonds. The predicted molar refractivity (Wildman–Crippen MR) is 58.8 cm³/mol. The largest absolute Gasteiger partial charge is 0.227 e. The number of benzene rings is 1. The summed E-state index contributed by atoms with van der Waals surface area (Å²) in [4.78, 5) is 0. The van der Waals surface area contributed by atoms with Crippen LogP contribution in [-0.4, -0.2) is 29.3 Å². The summed E-state index contributed by atoms with van der Waals surface area (Å²) in [5, 5.41) is 0. The van der Waals surface area contributed by atoms with Gasteiger partial charge in [0, 0.05) is 12.5 Å². The van der Waals surface area contributed by atoms with Crippen molar-refractivity contribution in [1.82, 2.24) is 0 Å². The fraction of sp³-hybridized carbons (Fsp3) is 0.333. The van der Waals surface area contributed by atoms with Crippen molar-refractivity contribution in [3.05, 3.63) is 35.6 Å². The van der Waals surface area contributed by atoms with Gasteiger partial charge in [-0.2, -0.15) is 0 Å². The molecule has 0 bridgehead atoms. The summed E-state index contributed by atoms with van der Waals surface area (Å²) in [6.07, 6.45) is 1.67. The van der Waals surface area contributed by atoms with Crippen LogP contribution >= 0.6 is 0 Å². The van der Waals surface area contributed by atoms with Gasteiger partial charge in [-0.05, 0) is 17.7 Å². The molecule has 16 heavy (non-hydrogen) atoms. The van der Waals surface area contributed by atoms with Crippen LogP contribution < -0.4 is 0 Å². The van der Waals surface area contributed by atoms with Gasteiger partial charge in [0.2, 0.25) is 0 Å². The third-order valence-corrected chi connectivity index (χ3v) is 6.12. The zero-order valence-electron chi connectivity index (χ0n) is 8.71. The fourth-order valence-electron chi connectivity index (χ4n) is 1.43. The summed E-state index contributed by atoms with van der Waals surface area (Å²) in [6.45, 7) is 0. The van der Waals surface area contributed by atoms with Crippen LogP contribution in [0.3, 0.4) is 0 Å². The molecule has 1 rings (SSSR count). The van der Waals surface area contributed by atoms with E-state index >= 15 is 0 Å². The summed E-state index contributed by atoms with van der Waals surface area (Å²) in [6, 6.07) is 4.36. The van der Waals surface area contributed by atoms with Gasteiger partial charge in [0.15, 0.2) is 24.3 Å². The van der Waals surface area contributed by atoms with Gasteiger partial charge in [-0.25, -0.2) is 21.2 Å². The van der Waals surface area contributed by atoms with E-state index in [9.17, 15) is 21.2 Å². The van der Waals surface area contributed by atoms with Crippen molar-refractivity contribution in [1.29, 1.82) is 0 Å². The summed E-state index contributed by atoms with van der Waals surface area (Å²) in [5.41, 5.74) is 0.0476. The Labute approximate surface area is 93.9 Å². The maximum atomic E-state index is 12.6. The van der Waals surface area contributed by atoms with Crippen LogP contribution in [0.15, 0.2) is 24.3 Å². The van der Waals surface area contributed by atoms with Gasteiger partial charge in [0.1, 0.15) is 5.82 Å². The molecule has 0 N–H and O–H groups in total. The molecule has 4 nitrogen and oxygen atoms in total. The van der Waals surface area contributed by atoms with Crippen LogP contribution in [-0.2, 0) is 19.7 Å². The first-order valence-electron chi connectivity index (χ1n) is 4.25. The highest BCUT2D eigenvalue weighted by molar-refractivity contribution is 8.07. The Bertz CT molecular complexity index is 540. The zero-order valence-corrected chi connectivity index (χ0v) is 10.3. The van der Waals surface area contributed by atoms with Crippen LogP contribution in [0.4, 0.5) is 4.39 Å². The van der Waals surface area contributed by atoms with Crippen LogP contribution in [0.1, 0.15) is 10.1 Å². The minimum atomic E-state index is -3.80. The van der Waals surface area contributed by atoms with E-state index in [-0.39, 0.29) is 5.56 Å². The highest BCUT2D eigenvalue weighted by atomic mass is 32.3. The molecule has 0 radical (unpaired) electrons. The maximum absolute atomic E-state index is 12.6. The Morgan fingerprint density at radius 3 is 1.62 bits per heavy atom. The smallest absolute Gasteiger partial charge is 0.187 e. The van der Waals surface area contributed by atoms with Crippen LogP contribution in [0, 0.1) is 5.82 Å². The molecule has 0 spiro atoms. The molecule has 0 fully saturated rings. The quantitative estimate of drug-likeness (QED) is 0.815. The Balaban J connectivity index is 3.41. The number of sulfone groups is 2. The lowest BCUT2D eigenvalue weighted by molar-refractivity contribution is 0.582. The van der Waals surface area contributed by atoms with Crippen molar-refractivity contribution >= 4 is 19.7 Å². The van der Waals surface area contributed by atoms with E-state index in [2.05, 4.69) is 0 Å². The molecular formula is C9H11FO4S2. The second kappa shape index (κ2) is 4.14. The van der Waals surface area contributed by atoms with Gasteiger partial charge in [0.25, 0.3) is 0 Å². The minimum Gasteiger partial charge on any atom is -0.227 e. The van der Waals surface area contributed by atoms with E-state index in [1.807, 2.05) is 0 Å². The third-order valence-electron chi connectivity index (χ3n) is 1.92. The van der Waals surface area contributed by atoms with Gasteiger partial charge in [0.05, 0.1) is 0 Å². The molecule has 0 unspecified atom stereocenters. The third kappa shape index (κ3) is 3.02. The van der Waals surface area contributed by atoms with Crippen molar-refractivity contribution in [2.45, 2.75) is 4.58 Å². The number of rotatable bonds is 3. The van der Waals surface area contributed by atoms with Gasteiger partial charge in [-0.15, -0.1) is 0 Å². The zero-order chi connectivity index (χ0) is 12.6. The second-order valence-corrected chi connectivity index (χ2v) is 8.10. The van der Waals surface area contributed by atoms with Crippen LogP contribution in [0.25, 0.3) is 0 Å². The average molecular weight is 266 g/mol. The number of halogens is 1. The molecule has 0 saturated carbocycles. The van der Waals surface area contributed by atoms with E-state index in [4.69, 9.17) is 0 Å². The van der Waals surface area contributed by atoms with E-state index < -0.39 is 30.1 Å². The van der Waals surface area contributed by atoms with E-state index in [1.165, 1.54) is 0 Å². The Morgan fingerprint density at radius 1 is 0.938 bits per heavy atom. The SMILES string of the molecule is CS(=O)(=O)C(c1ccc(F)cc1)S(C)(=O)=O. The molecule has 0 aliphatic heterocycles. The second-order valence-electron chi connectivity index (χ2n) is 3.54. The van der Waals surface area contributed by atoms with Crippen molar-refractivity contribution < 1.29 is 21.2 Å². The van der Waals surface area contributed by atoms with Crippen molar-refractivity contribution in [2.75, 3.05) is 12.5 Å². The summed E-state index contributed by atoms with van der Waals surface area (Å²) in [5.74, 6) is -0.551. The van der Waals surface area contributed by atoms with Crippen molar-refractivity contribution in [3.8, 4) is 0 Å². The first-order valence-corrected chi connectivity index (χ1v) is 8.16. The van der Waals surface area contributed by atoms with Gasteiger partial charge >= 0.3 is 0 Å². The average Bonchev–Trinajstić information content (AvgIpc) is 2.03. The summed E-state index contributed by atoms with van der Waals surface area (Å²) >= 11 is 0. The van der Waals surface area contributed by atoms with Gasteiger partial charge in [-0.3, -0.25) is 0 Å². The highest BCUT2D eigenvalue weighted by Gasteiger charge is 2.32. The first-order chi connectivity index (χ1) is 7.12. The Kier molecular flexibility index (Phi) is 3.39. The fourth-order valence-corrected chi connectivity index (χ4v) is 5.27. The summed E-state index contributed by atoms with van der Waals surface area (Å²) in [7, 11) is -7.60. The molecule has 1 aromatic rings. The first kappa shape index (κ1) is 13.1. The molecule has 0 aromatic heterocycles. The number of hydrogen-bond acceptors (Lipinski definition) is 4. The molecule has 90 valence electrons. The lowest BCUT2D eigenvalue weighted by Crippen LogP contribution is -2.20. The molecule has 7 heteroatoms. The molecular weight excluding hydrogens is 255 g/mol. The molecule has 0 atom stereocenters. The summed E-state index contributed by atoms with van der Waals surface area (Å²) < 4.78 is 56.6. The number of hydrogen-bond donors (Lipinski definition) is 0. The molecule has 0 heterocycles. The van der Waals surface area contributed by atoms with Gasteiger partial charge in [-0.1, -0.05) is 12.1 Å².